The van der Waals surface area contributed by atoms with Crippen LogP contribution in [0.15, 0.2) is 45.7 Å². The highest BCUT2D eigenvalue weighted by atomic mass is 32.2. The fourth-order valence-corrected chi connectivity index (χ4v) is 2.80. The van der Waals surface area contributed by atoms with Gasteiger partial charge in [-0.25, -0.2) is 8.57 Å². The maximum absolute atomic E-state index is 12.3. The van der Waals surface area contributed by atoms with Crippen molar-refractivity contribution in [2.45, 2.75) is 18.7 Å². The SMILES string of the molecule is CN=S(C)(=O)c1cccc(Oc2cc(C)c(N)cc2C)c1. The Hall–Kier alpha value is -2.01. The second-order valence-electron chi connectivity index (χ2n) is 5.04. The molecule has 112 valence electrons. The Morgan fingerprint density at radius 1 is 1.14 bits per heavy atom. The predicted octanol–water partition coefficient (Wildman–Crippen LogP) is 3.76. The number of nitrogens with two attached hydrogens (primary N) is 1. The van der Waals surface area contributed by atoms with Crippen molar-refractivity contribution in [1.29, 1.82) is 0 Å². The van der Waals surface area contributed by atoms with Crippen LogP contribution in [0, 0.1) is 13.8 Å². The van der Waals surface area contributed by atoms with Gasteiger partial charge in [0.25, 0.3) is 0 Å². The minimum Gasteiger partial charge on any atom is -0.457 e. The van der Waals surface area contributed by atoms with E-state index in [9.17, 15) is 4.21 Å². The summed E-state index contributed by atoms with van der Waals surface area (Å²) in [4.78, 5) is 0.660. The van der Waals surface area contributed by atoms with E-state index in [0.717, 1.165) is 22.6 Å². The summed E-state index contributed by atoms with van der Waals surface area (Å²) in [5, 5.41) is 0. The van der Waals surface area contributed by atoms with Crippen molar-refractivity contribution in [3.8, 4) is 11.5 Å². The third-order valence-corrected chi connectivity index (χ3v) is 5.21. The van der Waals surface area contributed by atoms with E-state index in [2.05, 4.69) is 4.36 Å². The highest BCUT2D eigenvalue weighted by Crippen LogP contribution is 2.30. The number of nitrogen functional groups attached to an aromatic ring is 1. The van der Waals surface area contributed by atoms with Crippen molar-refractivity contribution < 1.29 is 8.95 Å². The molecule has 0 spiro atoms. The lowest BCUT2D eigenvalue weighted by atomic mass is 10.1. The molecule has 0 aromatic heterocycles. The number of hydrogen-bond acceptors (Lipinski definition) is 4. The summed E-state index contributed by atoms with van der Waals surface area (Å²) in [6.45, 7) is 3.88. The standard InChI is InChI=1S/C16H20N2O2S/c1-11-9-16(12(2)8-15(11)17)20-13-6-5-7-14(10-13)21(4,19)18-3/h5-10H,17H2,1-4H3. The van der Waals surface area contributed by atoms with Gasteiger partial charge in [0.1, 0.15) is 11.5 Å². The minimum atomic E-state index is -2.36. The molecule has 0 amide bonds. The molecule has 0 saturated carbocycles. The summed E-state index contributed by atoms with van der Waals surface area (Å²) in [7, 11) is -0.804. The van der Waals surface area contributed by atoms with E-state index >= 15 is 0 Å². The highest BCUT2D eigenvalue weighted by molar-refractivity contribution is 7.93. The largest absolute Gasteiger partial charge is 0.457 e. The number of hydrogen-bond donors (Lipinski definition) is 1. The van der Waals surface area contributed by atoms with E-state index in [1.165, 1.54) is 0 Å². The van der Waals surface area contributed by atoms with E-state index in [1.54, 1.807) is 25.4 Å². The lowest BCUT2D eigenvalue weighted by molar-refractivity contribution is 0.477. The van der Waals surface area contributed by atoms with E-state index in [4.69, 9.17) is 10.5 Å². The molecule has 0 heterocycles. The Labute approximate surface area is 126 Å². The van der Waals surface area contributed by atoms with Gasteiger partial charge in [0.2, 0.25) is 0 Å². The zero-order chi connectivity index (χ0) is 15.6. The third-order valence-electron chi connectivity index (χ3n) is 3.38. The Kier molecular flexibility index (Phi) is 4.23. The number of nitrogens with zero attached hydrogens (tertiary/aromatic N) is 1. The van der Waals surface area contributed by atoms with E-state index in [0.29, 0.717) is 10.6 Å². The fourth-order valence-electron chi connectivity index (χ4n) is 1.93. The molecule has 0 bridgehead atoms. The van der Waals surface area contributed by atoms with Gasteiger partial charge in [-0.15, -0.1) is 0 Å². The quantitative estimate of drug-likeness (QED) is 0.878. The summed E-state index contributed by atoms with van der Waals surface area (Å²) in [5.41, 5.74) is 8.55. The average molecular weight is 304 g/mol. The zero-order valence-corrected chi connectivity index (χ0v) is 13.5. The van der Waals surface area contributed by atoms with E-state index in [-0.39, 0.29) is 0 Å². The molecule has 0 aliphatic carbocycles. The number of anilines is 1. The first-order chi connectivity index (χ1) is 9.83. The maximum atomic E-state index is 12.3. The third kappa shape index (κ3) is 3.36. The summed E-state index contributed by atoms with van der Waals surface area (Å²) in [6, 6.07) is 11.0. The van der Waals surface area contributed by atoms with Gasteiger partial charge in [-0.3, -0.25) is 0 Å². The summed E-state index contributed by atoms with van der Waals surface area (Å²) in [6.07, 6.45) is 1.62. The van der Waals surface area contributed by atoms with Crippen LogP contribution in [0.2, 0.25) is 0 Å². The predicted molar refractivity (Wildman–Crippen MR) is 87.5 cm³/mol. The van der Waals surface area contributed by atoms with Gasteiger partial charge >= 0.3 is 0 Å². The average Bonchev–Trinajstić information content (AvgIpc) is 2.45. The molecule has 0 aliphatic heterocycles. The Morgan fingerprint density at radius 2 is 1.86 bits per heavy atom. The van der Waals surface area contributed by atoms with E-state index in [1.807, 2.05) is 38.1 Å². The summed E-state index contributed by atoms with van der Waals surface area (Å²) >= 11 is 0. The minimum absolute atomic E-state index is 0.637. The molecule has 2 rings (SSSR count). The van der Waals surface area contributed by atoms with E-state index < -0.39 is 9.73 Å². The van der Waals surface area contributed by atoms with Crippen LogP contribution in [0.4, 0.5) is 5.69 Å². The van der Waals surface area contributed by atoms with Crippen molar-refractivity contribution in [3.05, 3.63) is 47.5 Å². The van der Waals surface area contributed by atoms with Gasteiger partial charge in [-0.1, -0.05) is 6.07 Å². The molecule has 0 aliphatic rings. The smallest absolute Gasteiger partial charge is 0.130 e. The lowest BCUT2D eigenvalue weighted by Gasteiger charge is -2.12. The molecule has 4 nitrogen and oxygen atoms in total. The van der Waals surface area contributed by atoms with Crippen molar-refractivity contribution in [1.82, 2.24) is 0 Å². The Morgan fingerprint density at radius 3 is 2.52 bits per heavy atom. The van der Waals surface area contributed by atoms with Gasteiger partial charge in [-0.2, -0.15) is 0 Å². The van der Waals surface area contributed by atoms with Gasteiger partial charge in [0, 0.05) is 19.0 Å². The van der Waals surface area contributed by atoms with Crippen LogP contribution in [0.25, 0.3) is 0 Å². The molecule has 2 aromatic rings. The second kappa shape index (κ2) is 5.77. The van der Waals surface area contributed by atoms with Crippen molar-refractivity contribution in [2.24, 2.45) is 4.36 Å². The highest BCUT2D eigenvalue weighted by Gasteiger charge is 2.08. The molecule has 0 fully saturated rings. The van der Waals surface area contributed by atoms with Gasteiger partial charge in [-0.05, 0) is 55.3 Å². The fraction of sp³-hybridized carbons (Fsp3) is 0.250. The van der Waals surface area contributed by atoms with Crippen LogP contribution < -0.4 is 10.5 Å². The molecular formula is C16H20N2O2S. The molecule has 1 unspecified atom stereocenters. The maximum Gasteiger partial charge on any atom is 0.130 e. The Bertz CT molecular complexity index is 791. The van der Waals surface area contributed by atoms with Crippen LogP contribution in [-0.4, -0.2) is 17.5 Å². The zero-order valence-electron chi connectivity index (χ0n) is 12.7. The molecular weight excluding hydrogens is 284 g/mol. The lowest BCUT2D eigenvalue weighted by Crippen LogP contribution is -1.98. The van der Waals surface area contributed by atoms with Crippen LogP contribution in [-0.2, 0) is 9.73 Å². The van der Waals surface area contributed by atoms with Crippen LogP contribution >= 0.6 is 0 Å². The van der Waals surface area contributed by atoms with Gasteiger partial charge in [0.15, 0.2) is 0 Å². The number of ether oxygens (including phenoxy) is 1. The van der Waals surface area contributed by atoms with Gasteiger partial charge in [0.05, 0.1) is 14.6 Å². The molecule has 2 N–H and O–H groups in total. The molecule has 0 saturated heterocycles. The number of rotatable bonds is 3. The summed E-state index contributed by atoms with van der Waals surface area (Å²) < 4.78 is 22.1. The normalized spacial score (nSPS) is 13.5. The van der Waals surface area contributed by atoms with Crippen LogP contribution in [0.1, 0.15) is 11.1 Å². The number of aryl methyl sites for hydroxylation is 2. The van der Waals surface area contributed by atoms with Crippen LogP contribution in [0.3, 0.4) is 0 Å². The van der Waals surface area contributed by atoms with Crippen LogP contribution in [0.5, 0.6) is 11.5 Å². The van der Waals surface area contributed by atoms with Crippen molar-refractivity contribution in [3.63, 3.8) is 0 Å². The monoisotopic (exact) mass is 304 g/mol. The molecule has 1 atom stereocenters. The molecule has 5 heteroatoms. The first kappa shape index (κ1) is 15.4. The van der Waals surface area contributed by atoms with Crippen molar-refractivity contribution >= 4 is 15.4 Å². The topological polar surface area (TPSA) is 64.7 Å². The molecule has 2 aromatic carbocycles. The van der Waals surface area contributed by atoms with Gasteiger partial charge < -0.3 is 10.5 Å². The summed E-state index contributed by atoms with van der Waals surface area (Å²) in [5.74, 6) is 1.38. The molecule has 0 radical (unpaired) electrons. The second-order valence-corrected chi connectivity index (χ2v) is 7.48. The first-order valence-corrected chi connectivity index (χ1v) is 8.51. The Balaban J connectivity index is 2.40. The number of benzene rings is 2. The van der Waals surface area contributed by atoms with Crippen molar-refractivity contribution in [2.75, 3.05) is 19.0 Å². The first-order valence-electron chi connectivity index (χ1n) is 6.58. The molecule has 21 heavy (non-hydrogen) atoms.